The number of amides is 1. The molecule has 0 unspecified atom stereocenters. The number of aromatic carboxylic acids is 1. The molecule has 0 aliphatic carbocycles. The van der Waals surface area contributed by atoms with Gasteiger partial charge in [-0.1, -0.05) is 6.07 Å². The summed E-state index contributed by atoms with van der Waals surface area (Å²) in [5, 5.41) is 9.16. The summed E-state index contributed by atoms with van der Waals surface area (Å²) in [4.78, 5) is 32.2. The van der Waals surface area contributed by atoms with Gasteiger partial charge >= 0.3 is 5.97 Å². The monoisotopic (exact) mass is 269 g/mol. The molecular weight excluding hydrogens is 258 g/mol. The van der Waals surface area contributed by atoms with Crippen LogP contribution in [-0.4, -0.2) is 34.0 Å². The highest BCUT2D eigenvalue weighted by Gasteiger charge is 2.25. The molecule has 1 aliphatic heterocycles. The predicted octanol–water partition coefficient (Wildman–Crippen LogP) is 1.36. The normalized spacial score (nSPS) is 13.4. The Kier molecular flexibility index (Phi) is 2.71. The lowest BCUT2D eigenvalue weighted by Gasteiger charge is -2.11. The maximum Gasteiger partial charge on any atom is 0.339 e. The lowest BCUT2D eigenvalue weighted by Crippen LogP contribution is -2.20. The summed E-state index contributed by atoms with van der Waals surface area (Å²) in [6.45, 7) is 0. The molecule has 0 bridgehead atoms. The van der Waals surface area contributed by atoms with Crippen LogP contribution in [0.5, 0.6) is 0 Å². The molecule has 1 aromatic carbocycles. The summed E-state index contributed by atoms with van der Waals surface area (Å²) in [6.07, 6.45) is 2.91. The summed E-state index contributed by atoms with van der Waals surface area (Å²) in [5.41, 5.74) is 2.81. The van der Waals surface area contributed by atoms with Gasteiger partial charge in [-0.25, -0.2) is 14.8 Å². The zero-order valence-corrected chi connectivity index (χ0v) is 10.7. The highest BCUT2D eigenvalue weighted by Crippen LogP contribution is 2.32. The van der Waals surface area contributed by atoms with Crippen molar-refractivity contribution in [2.24, 2.45) is 0 Å². The summed E-state index contributed by atoms with van der Waals surface area (Å²) < 4.78 is 0. The van der Waals surface area contributed by atoms with E-state index in [1.807, 2.05) is 12.1 Å². The maximum absolute atomic E-state index is 11.7. The Labute approximate surface area is 114 Å². The number of carbonyl (C=O) groups excluding carboxylic acids is 1. The third kappa shape index (κ3) is 1.82. The fourth-order valence-electron chi connectivity index (χ4n) is 2.33. The van der Waals surface area contributed by atoms with E-state index in [0.29, 0.717) is 17.7 Å². The molecule has 0 saturated heterocycles. The van der Waals surface area contributed by atoms with Crippen LogP contribution in [0.25, 0.3) is 11.3 Å². The summed E-state index contributed by atoms with van der Waals surface area (Å²) >= 11 is 0. The Hall–Kier alpha value is -2.76. The van der Waals surface area contributed by atoms with Gasteiger partial charge in [0.1, 0.15) is 11.9 Å². The fraction of sp³-hybridized carbons (Fsp3) is 0.143. The topological polar surface area (TPSA) is 83.4 Å². The van der Waals surface area contributed by atoms with Crippen molar-refractivity contribution < 1.29 is 14.7 Å². The van der Waals surface area contributed by atoms with E-state index in [1.165, 1.54) is 12.5 Å². The van der Waals surface area contributed by atoms with Crippen LogP contribution >= 0.6 is 0 Å². The van der Waals surface area contributed by atoms with E-state index in [4.69, 9.17) is 5.11 Å². The number of carboxylic acid groups (broad SMARTS) is 1. The van der Waals surface area contributed by atoms with Crippen LogP contribution in [0.3, 0.4) is 0 Å². The van der Waals surface area contributed by atoms with Crippen molar-refractivity contribution >= 4 is 17.6 Å². The number of nitrogens with zero attached hydrogens (tertiary/aromatic N) is 3. The standard InChI is InChI=1S/C14H11N3O3/c1-17-11-3-2-8(4-9(11)5-12(17)18)13-10(14(19)20)6-15-7-16-13/h2-4,6-7H,5H2,1H3,(H,19,20). The second-order valence-corrected chi connectivity index (χ2v) is 4.56. The number of hydrogen-bond acceptors (Lipinski definition) is 4. The van der Waals surface area contributed by atoms with Crippen molar-refractivity contribution in [2.75, 3.05) is 11.9 Å². The molecule has 0 radical (unpaired) electrons. The minimum absolute atomic E-state index is 0.0262. The molecule has 0 spiro atoms. The lowest BCUT2D eigenvalue weighted by atomic mass is 10.0. The third-order valence-corrected chi connectivity index (χ3v) is 3.37. The van der Waals surface area contributed by atoms with E-state index in [-0.39, 0.29) is 11.5 Å². The number of aromatic nitrogens is 2. The van der Waals surface area contributed by atoms with Gasteiger partial charge in [0.15, 0.2) is 0 Å². The molecular formula is C14H11N3O3. The molecule has 0 atom stereocenters. The van der Waals surface area contributed by atoms with Crippen LogP contribution in [0, 0.1) is 0 Å². The average Bonchev–Trinajstić information content (AvgIpc) is 2.73. The first-order chi connectivity index (χ1) is 9.58. The predicted molar refractivity (Wildman–Crippen MR) is 71.5 cm³/mol. The Morgan fingerprint density at radius 2 is 2.20 bits per heavy atom. The van der Waals surface area contributed by atoms with Crippen molar-refractivity contribution in [3.8, 4) is 11.3 Å². The van der Waals surface area contributed by atoms with Gasteiger partial charge in [0.05, 0.1) is 12.1 Å². The largest absolute Gasteiger partial charge is 0.478 e. The summed E-state index contributed by atoms with van der Waals surface area (Å²) in [5.74, 6) is -1.05. The maximum atomic E-state index is 11.7. The van der Waals surface area contributed by atoms with Crippen LogP contribution in [0.15, 0.2) is 30.7 Å². The molecule has 2 aromatic rings. The molecule has 1 aromatic heterocycles. The number of anilines is 1. The molecule has 6 nitrogen and oxygen atoms in total. The molecule has 1 aliphatic rings. The molecule has 100 valence electrons. The zero-order valence-electron chi connectivity index (χ0n) is 10.7. The molecule has 0 saturated carbocycles. The molecule has 20 heavy (non-hydrogen) atoms. The van der Waals surface area contributed by atoms with Gasteiger partial charge < -0.3 is 10.0 Å². The first-order valence-electron chi connectivity index (χ1n) is 6.01. The zero-order chi connectivity index (χ0) is 14.3. The number of carboxylic acids is 1. The molecule has 1 N–H and O–H groups in total. The van der Waals surface area contributed by atoms with Crippen LogP contribution < -0.4 is 4.90 Å². The van der Waals surface area contributed by atoms with Crippen LogP contribution in [0.1, 0.15) is 15.9 Å². The first kappa shape index (κ1) is 12.3. The van der Waals surface area contributed by atoms with E-state index < -0.39 is 5.97 Å². The molecule has 3 rings (SSSR count). The highest BCUT2D eigenvalue weighted by molar-refractivity contribution is 6.02. The lowest BCUT2D eigenvalue weighted by molar-refractivity contribution is -0.117. The van der Waals surface area contributed by atoms with Gasteiger partial charge in [-0.3, -0.25) is 4.79 Å². The second kappa shape index (κ2) is 4.41. The summed E-state index contributed by atoms with van der Waals surface area (Å²) in [6, 6.07) is 5.39. The van der Waals surface area contributed by atoms with Gasteiger partial charge in [-0.05, 0) is 17.7 Å². The van der Waals surface area contributed by atoms with Gasteiger partial charge in [-0.2, -0.15) is 0 Å². The minimum Gasteiger partial charge on any atom is -0.478 e. The van der Waals surface area contributed by atoms with Crippen LogP contribution in [0.2, 0.25) is 0 Å². The number of benzene rings is 1. The third-order valence-electron chi connectivity index (χ3n) is 3.37. The van der Waals surface area contributed by atoms with Crippen LogP contribution in [-0.2, 0) is 11.2 Å². The smallest absolute Gasteiger partial charge is 0.339 e. The van der Waals surface area contributed by atoms with E-state index >= 15 is 0 Å². The van der Waals surface area contributed by atoms with Crippen molar-refractivity contribution in [3.05, 3.63) is 41.9 Å². The van der Waals surface area contributed by atoms with Gasteiger partial charge in [0, 0.05) is 24.5 Å². The quantitative estimate of drug-likeness (QED) is 0.890. The van der Waals surface area contributed by atoms with Crippen LogP contribution in [0.4, 0.5) is 5.69 Å². The number of likely N-dealkylation sites (N-methyl/N-ethyl adjacent to an activating group) is 1. The molecule has 0 fully saturated rings. The van der Waals surface area contributed by atoms with E-state index in [9.17, 15) is 9.59 Å². The fourth-order valence-corrected chi connectivity index (χ4v) is 2.33. The summed E-state index contributed by atoms with van der Waals surface area (Å²) in [7, 11) is 1.72. The number of rotatable bonds is 2. The van der Waals surface area contributed by atoms with Crippen molar-refractivity contribution in [1.29, 1.82) is 0 Å². The molecule has 6 heteroatoms. The van der Waals surface area contributed by atoms with Crippen molar-refractivity contribution in [2.45, 2.75) is 6.42 Å². The SMILES string of the molecule is CN1C(=O)Cc2cc(-c3ncncc3C(=O)O)ccc21. The van der Waals surface area contributed by atoms with E-state index in [2.05, 4.69) is 9.97 Å². The second-order valence-electron chi connectivity index (χ2n) is 4.56. The van der Waals surface area contributed by atoms with Crippen molar-refractivity contribution in [1.82, 2.24) is 9.97 Å². The Bertz CT molecular complexity index is 727. The van der Waals surface area contributed by atoms with Gasteiger partial charge in [-0.15, -0.1) is 0 Å². The number of hydrogen-bond donors (Lipinski definition) is 1. The Morgan fingerprint density at radius 3 is 2.95 bits per heavy atom. The average molecular weight is 269 g/mol. The van der Waals surface area contributed by atoms with Gasteiger partial charge in [0.2, 0.25) is 5.91 Å². The Morgan fingerprint density at radius 1 is 1.40 bits per heavy atom. The van der Waals surface area contributed by atoms with Crippen molar-refractivity contribution in [3.63, 3.8) is 0 Å². The van der Waals surface area contributed by atoms with E-state index in [1.54, 1.807) is 18.0 Å². The molecule has 1 amide bonds. The molecule has 2 heterocycles. The number of carbonyl (C=O) groups is 2. The van der Waals surface area contributed by atoms with E-state index in [0.717, 1.165) is 11.3 Å². The minimum atomic E-state index is -1.07. The number of fused-ring (bicyclic) bond motifs is 1. The first-order valence-corrected chi connectivity index (χ1v) is 6.01. The highest BCUT2D eigenvalue weighted by atomic mass is 16.4. The van der Waals surface area contributed by atoms with Gasteiger partial charge in [0.25, 0.3) is 0 Å². The Balaban J connectivity index is 2.12.